The second-order valence-corrected chi connectivity index (χ2v) is 4.01. The van der Waals surface area contributed by atoms with E-state index in [0.717, 1.165) is 13.0 Å². The lowest BCUT2D eigenvalue weighted by atomic mass is 10.3. The zero-order valence-corrected chi connectivity index (χ0v) is 12.3. The Morgan fingerprint density at radius 1 is 1.25 bits per heavy atom. The molecule has 2 N–H and O–H groups in total. The lowest BCUT2D eigenvalue weighted by Crippen LogP contribution is -2.28. The third-order valence-corrected chi connectivity index (χ3v) is 2.32. The largest absolute Gasteiger partial charge is 0.467 e. The van der Waals surface area contributed by atoms with Crippen LogP contribution in [0.4, 0.5) is 11.9 Å². The van der Waals surface area contributed by atoms with Crippen LogP contribution in [-0.2, 0) is 9.53 Å². The van der Waals surface area contributed by atoms with Gasteiger partial charge in [0.15, 0.2) is 0 Å². The first-order valence-electron chi connectivity index (χ1n) is 6.57. The smallest absolute Gasteiger partial charge is 0.328 e. The van der Waals surface area contributed by atoms with Crippen molar-refractivity contribution in [1.82, 2.24) is 15.0 Å². The third kappa shape index (κ3) is 4.87. The molecule has 0 bridgehead atoms. The highest BCUT2D eigenvalue weighted by molar-refractivity contribution is 5.77. The molecule has 1 aromatic rings. The van der Waals surface area contributed by atoms with Crippen LogP contribution in [0.25, 0.3) is 0 Å². The molecule has 8 nitrogen and oxygen atoms in total. The van der Waals surface area contributed by atoms with Gasteiger partial charge in [-0.05, 0) is 20.3 Å². The number of methoxy groups -OCH3 is 1. The lowest BCUT2D eigenvalue weighted by molar-refractivity contribution is -0.141. The fraction of sp³-hybridized carbons (Fsp3) is 0.667. The van der Waals surface area contributed by atoms with Gasteiger partial charge in [-0.2, -0.15) is 15.0 Å². The van der Waals surface area contributed by atoms with Gasteiger partial charge in [-0.3, -0.25) is 0 Å². The third-order valence-electron chi connectivity index (χ3n) is 2.32. The van der Waals surface area contributed by atoms with Crippen LogP contribution in [-0.4, -0.2) is 47.2 Å². The highest BCUT2D eigenvalue weighted by Crippen LogP contribution is 2.12. The molecule has 0 spiro atoms. The molecule has 1 heterocycles. The lowest BCUT2D eigenvalue weighted by Gasteiger charge is -2.13. The molecule has 0 aromatic carbocycles. The maximum atomic E-state index is 11.4. The number of carbonyl (C=O) groups is 1. The van der Waals surface area contributed by atoms with Crippen LogP contribution in [0.2, 0.25) is 0 Å². The van der Waals surface area contributed by atoms with E-state index in [2.05, 4.69) is 30.3 Å². The summed E-state index contributed by atoms with van der Waals surface area (Å²) >= 11 is 0. The Hall–Kier alpha value is -2.12. The Bertz CT molecular complexity index is 441. The zero-order valence-electron chi connectivity index (χ0n) is 12.3. The molecule has 0 fully saturated rings. The maximum absolute atomic E-state index is 11.4. The molecular weight excluding hydrogens is 262 g/mol. The van der Waals surface area contributed by atoms with Crippen molar-refractivity contribution in [2.75, 3.05) is 30.9 Å². The first-order chi connectivity index (χ1) is 9.60. The van der Waals surface area contributed by atoms with Crippen molar-refractivity contribution in [3.8, 4) is 6.01 Å². The molecule has 1 unspecified atom stereocenters. The molecule has 0 saturated carbocycles. The summed E-state index contributed by atoms with van der Waals surface area (Å²) in [6.45, 7) is 6.73. The minimum atomic E-state index is -0.559. The Morgan fingerprint density at radius 2 is 1.95 bits per heavy atom. The second-order valence-electron chi connectivity index (χ2n) is 4.01. The summed E-state index contributed by atoms with van der Waals surface area (Å²) in [5.41, 5.74) is 0. The van der Waals surface area contributed by atoms with Crippen molar-refractivity contribution in [3.05, 3.63) is 0 Å². The average molecular weight is 283 g/mol. The molecular formula is C12H21N5O3. The zero-order chi connectivity index (χ0) is 15.0. The molecule has 1 rings (SSSR count). The Balaban J connectivity index is 2.87. The molecule has 0 aliphatic carbocycles. The van der Waals surface area contributed by atoms with Crippen molar-refractivity contribution in [1.29, 1.82) is 0 Å². The van der Waals surface area contributed by atoms with E-state index in [1.165, 1.54) is 7.11 Å². The van der Waals surface area contributed by atoms with E-state index in [9.17, 15) is 4.79 Å². The van der Waals surface area contributed by atoms with Gasteiger partial charge in [0.25, 0.3) is 0 Å². The number of nitrogens with zero attached hydrogens (tertiary/aromatic N) is 3. The van der Waals surface area contributed by atoms with Gasteiger partial charge in [0.2, 0.25) is 11.9 Å². The van der Waals surface area contributed by atoms with Crippen molar-refractivity contribution in [2.24, 2.45) is 0 Å². The minimum Gasteiger partial charge on any atom is -0.467 e. The van der Waals surface area contributed by atoms with Crippen LogP contribution in [0.5, 0.6) is 6.01 Å². The van der Waals surface area contributed by atoms with E-state index in [1.54, 1.807) is 6.92 Å². The van der Waals surface area contributed by atoms with Gasteiger partial charge >= 0.3 is 12.0 Å². The molecule has 0 amide bonds. The van der Waals surface area contributed by atoms with Crippen LogP contribution < -0.4 is 15.4 Å². The number of hydrogen-bond donors (Lipinski definition) is 2. The Morgan fingerprint density at radius 3 is 2.55 bits per heavy atom. The predicted molar refractivity (Wildman–Crippen MR) is 74.9 cm³/mol. The van der Waals surface area contributed by atoms with Gasteiger partial charge in [-0.25, -0.2) is 4.79 Å². The first-order valence-corrected chi connectivity index (χ1v) is 6.57. The van der Waals surface area contributed by atoms with Crippen molar-refractivity contribution in [2.45, 2.75) is 33.2 Å². The maximum Gasteiger partial charge on any atom is 0.328 e. The van der Waals surface area contributed by atoms with Crippen molar-refractivity contribution in [3.63, 3.8) is 0 Å². The summed E-state index contributed by atoms with van der Waals surface area (Å²) in [4.78, 5) is 23.8. The normalized spacial score (nSPS) is 11.6. The minimum absolute atomic E-state index is 0.209. The van der Waals surface area contributed by atoms with Crippen LogP contribution in [0, 0.1) is 0 Å². The summed E-state index contributed by atoms with van der Waals surface area (Å²) in [7, 11) is 1.33. The number of nitrogens with one attached hydrogen (secondary N) is 2. The van der Waals surface area contributed by atoms with Gasteiger partial charge < -0.3 is 20.1 Å². The number of anilines is 2. The van der Waals surface area contributed by atoms with E-state index < -0.39 is 12.0 Å². The number of aromatic nitrogens is 3. The summed E-state index contributed by atoms with van der Waals surface area (Å²) in [5.74, 6) is 0.274. The summed E-state index contributed by atoms with van der Waals surface area (Å²) in [6.07, 6.45) is 0.941. The van der Waals surface area contributed by atoms with E-state index in [1.807, 2.05) is 13.8 Å². The van der Waals surface area contributed by atoms with Crippen LogP contribution in [0.1, 0.15) is 27.2 Å². The van der Waals surface area contributed by atoms with Gasteiger partial charge in [0.05, 0.1) is 13.7 Å². The summed E-state index contributed by atoms with van der Waals surface area (Å²) in [6, 6.07) is -0.350. The summed E-state index contributed by atoms with van der Waals surface area (Å²) in [5, 5.41) is 5.90. The second kappa shape index (κ2) is 8.13. The van der Waals surface area contributed by atoms with Gasteiger partial charge in [0, 0.05) is 6.54 Å². The topological polar surface area (TPSA) is 98.3 Å². The predicted octanol–water partition coefficient (Wildman–Crippen LogP) is 1.07. The first kappa shape index (κ1) is 15.9. The van der Waals surface area contributed by atoms with Crippen LogP contribution >= 0.6 is 0 Å². The number of ether oxygens (including phenoxy) is 2. The SMILES string of the molecule is CCCNc1nc(NC(C)C(=O)OC)nc(OCC)n1. The fourth-order valence-electron chi connectivity index (χ4n) is 1.36. The van der Waals surface area contributed by atoms with Gasteiger partial charge in [-0.1, -0.05) is 6.92 Å². The van der Waals surface area contributed by atoms with Crippen molar-refractivity contribution < 1.29 is 14.3 Å². The molecule has 0 aliphatic rings. The van der Waals surface area contributed by atoms with Crippen molar-refractivity contribution >= 4 is 17.9 Å². The molecule has 1 aromatic heterocycles. The number of esters is 1. The Labute approximate surface area is 118 Å². The average Bonchev–Trinajstić information content (AvgIpc) is 2.44. The van der Waals surface area contributed by atoms with E-state index >= 15 is 0 Å². The number of rotatable bonds is 8. The van der Waals surface area contributed by atoms with Gasteiger partial charge in [-0.15, -0.1) is 0 Å². The van der Waals surface area contributed by atoms with Crippen LogP contribution in [0.3, 0.4) is 0 Å². The molecule has 20 heavy (non-hydrogen) atoms. The van der Waals surface area contributed by atoms with E-state index in [0.29, 0.717) is 12.6 Å². The molecule has 1 atom stereocenters. The summed E-state index contributed by atoms with van der Waals surface area (Å²) < 4.78 is 9.91. The highest BCUT2D eigenvalue weighted by atomic mass is 16.5. The number of hydrogen-bond acceptors (Lipinski definition) is 8. The quantitative estimate of drug-likeness (QED) is 0.683. The highest BCUT2D eigenvalue weighted by Gasteiger charge is 2.15. The van der Waals surface area contributed by atoms with E-state index in [4.69, 9.17) is 4.74 Å². The molecule has 0 aliphatic heterocycles. The molecule has 0 saturated heterocycles. The van der Waals surface area contributed by atoms with E-state index in [-0.39, 0.29) is 12.0 Å². The number of carbonyl (C=O) groups excluding carboxylic acids is 1. The van der Waals surface area contributed by atoms with Crippen LogP contribution in [0.15, 0.2) is 0 Å². The Kier molecular flexibility index (Phi) is 6.48. The van der Waals surface area contributed by atoms with Gasteiger partial charge in [0.1, 0.15) is 6.04 Å². The standard InChI is InChI=1S/C12H21N5O3/c1-5-7-13-10-15-11(14-8(3)9(18)19-4)17-12(16-10)20-6-2/h8H,5-7H2,1-4H3,(H2,13,14,15,16,17). The molecule has 8 heteroatoms. The molecule has 112 valence electrons. The molecule has 0 radical (unpaired) electrons. The fourth-order valence-corrected chi connectivity index (χ4v) is 1.36. The monoisotopic (exact) mass is 283 g/mol.